The molecule has 0 saturated carbocycles. The van der Waals surface area contributed by atoms with E-state index < -0.39 is 22.0 Å². The van der Waals surface area contributed by atoms with E-state index in [1.165, 1.54) is 20.1 Å². The van der Waals surface area contributed by atoms with Gasteiger partial charge in [-0.3, -0.25) is 0 Å². The van der Waals surface area contributed by atoms with Crippen LogP contribution < -0.4 is 4.72 Å². The van der Waals surface area contributed by atoms with Crippen molar-refractivity contribution in [2.24, 2.45) is 0 Å². The van der Waals surface area contributed by atoms with Crippen LogP contribution in [0, 0.1) is 0 Å². The van der Waals surface area contributed by atoms with Crippen molar-refractivity contribution in [2.45, 2.75) is 17.9 Å². The Morgan fingerprint density at radius 2 is 2.28 bits per heavy atom. The van der Waals surface area contributed by atoms with E-state index in [2.05, 4.69) is 25.4 Å². The Bertz CT molecular complexity index is 539. The topological polar surface area (TPSA) is 92.7 Å². The van der Waals surface area contributed by atoms with Gasteiger partial charge in [-0.05, 0) is 28.9 Å². The van der Waals surface area contributed by atoms with E-state index in [1.54, 1.807) is 0 Å². The van der Waals surface area contributed by atoms with E-state index in [1.807, 2.05) is 0 Å². The van der Waals surface area contributed by atoms with Gasteiger partial charge >= 0.3 is 5.97 Å². The molecule has 1 rings (SSSR count). The molecule has 0 saturated heterocycles. The first-order chi connectivity index (χ1) is 8.31. The average Bonchev–Trinajstić information content (AvgIpc) is 2.70. The lowest BCUT2D eigenvalue weighted by molar-refractivity contribution is 0.0606. The fraction of sp³-hybridized carbons (Fsp3) is 0.444. The largest absolute Gasteiger partial charge is 0.465 e. The van der Waals surface area contributed by atoms with Crippen molar-refractivity contribution in [1.29, 1.82) is 0 Å². The Morgan fingerprint density at radius 3 is 2.78 bits per heavy atom. The van der Waals surface area contributed by atoms with E-state index in [-0.39, 0.29) is 16.4 Å². The number of hydrogen-bond donors (Lipinski definition) is 2. The molecule has 1 aromatic rings. The van der Waals surface area contributed by atoms with Crippen LogP contribution in [-0.2, 0) is 14.8 Å². The molecule has 2 N–H and O–H groups in total. The van der Waals surface area contributed by atoms with Crippen molar-refractivity contribution in [1.82, 2.24) is 4.72 Å². The first kappa shape index (κ1) is 15.6. The van der Waals surface area contributed by atoms with Gasteiger partial charge < -0.3 is 9.84 Å². The maximum atomic E-state index is 11.9. The SMILES string of the molecule is COC(=O)c1cc(S(=O)(=O)N[C@H](C)CO)c(Br)s1. The Labute approximate surface area is 117 Å². The van der Waals surface area contributed by atoms with E-state index in [9.17, 15) is 13.2 Å². The van der Waals surface area contributed by atoms with Gasteiger partial charge in [-0.2, -0.15) is 0 Å². The van der Waals surface area contributed by atoms with Gasteiger partial charge in [0.2, 0.25) is 10.0 Å². The minimum atomic E-state index is -3.78. The minimum absolute atomic E-state index is 0.0480. The quantitative estimate of drug-likeness (QED) is 0.765. The van der Waals surface area contributed by atoms with E-state index in [0.717, 1.165) is 11.3 Å². The van der Waals surface area contributed by atoms with Crippen LogP contribution >= 0.6 is 27.3 Å². The third-order valence-electron chi connectivity index (χ3n) is 1.96. The van der Waals surface area contributed by atoms with Crippen LogP contribution in [0.2, 0.25) is 0 Å². The lowest BCUT2D eigenvalue weighted by Gasteiger charge is -2.10. The van der Waals surface area contributed by atoms with Crippen molar-refractivity contribution < 1.29 is 23.1 Å². The third-order valence-corrected chi connectivity index (χ3v) is 5.78. The van der Waals surface area contributed by atoms with Gasteiger partial charge in [0.05, 0.1) is 17.5 Å². The number of aliphatic hydroxyl groups is 1. The first-order valence-corrected chi connectivity index (χ1v) is 7.92. The zero-order valence-electron chi connectivity index (χ0n) is 9.64. The van der Waals surface area contributed by atoms with Crippen molar-refractivity contribution in [2.75, 3.05) is 13.7 Å². The molecule has 0 amide bonds. The maximum absolute atomic E-state index is 11.9. The predicted octanol–water partition coefficient (Wildman–Crippen LogP) is 0.956. The summed E-state index contributed by atoms with van der Waals surface area (Å²) in [6.45, 7) is 1.21. The van der Waals surface area contributed by atoms with Crippen LogP contribution in [0.5, 0.6) is 0 Å². The molecule has 1 atom stereocenters. The molecule has 0 fully saturated rings. The Balaban J connectivity index is 3.10. The Kier molecular flexibility index (Phi) is 5.29. The molecule has 6 nitrogen and oxygen atoms in total. The molecule has 0 radical (unpaired) electrons. The van der Waals surface area contributed by atoms with Crippen LogP contribution in [0.4, 0.5) is 0 Å². The lowest BCUT2D eigenvalue weighted by Crippen LogP contribution is -2.34. The number of sulfonamides is 1. The van der Waals surface area contributed by atoms with Gasteiger partial charge in [-0.1, -0.05) is 0 Å². The number of nitrogens with one attached hydrogen (secondary N) is 1. The highest BCUT2D eigenvalue weighted by Crippen LogP contribution is 2.32. The summed E-state index contributed by atoms with van der Waals surface area (Å²) in [6.07, 6.45) is 0. The van der Waals surface area contributed by atoms with Crippen LogP contribution in [-0.4, -0.2) is 39.3 Å². The molecule has 0 aliphatic heterocycles. The van der Waals surface area contributed by atoms with Gasteiger partial charge in [0.25, 0.3) is 0 Å². The predicted molar refractivity (Wildman–Crippen MR) is 70.2 cm³/mol. The molecule has 0 aliphatic rings. The summed E-state index contributed by atoms with van der Waals surface area (Å²) in [5, 5.41) is 8.84. The molecular weight excluding hydrogens is 346 g/mol. The number of carbonyl (C=O) groups excluding carboxylic acids is 1. The smallest absolute Gasteiger partial charge is 0.348 e. The summed E-state index contributed by atoms with van der Waals surface area (Å²) in [7, 11) is -2.56. The van der Waals surface area contributed by atoms with Gasteiger partial charge in [0.1, 0.15) is 9.77 Å². The Hall–Kier alpha value is -0.480. The summed E-state index contributed by atoms with van der Waals surface area (Å²) >= 11 is 4.06. The van der Waals surface area contributed by atoms with Crippen molar-refractivity contribution >= 4 is 43.3 Å². The van der Waals surface area contributed by atoms with Crippen LogP contribution in [0.1, 0.15) is 16.6 Å². The molecule has 1 aromatic heterocycles. The highest BCUT2D eigenvalue weighted by atomic mass is 79.9. The number of esters is 1. The summed E-state index contributed by atoms with van der Waals surface area (Å²) in [5.74, 6) is -0.600. The maximum Gasteiger partial charge on any atom is 0.348 e. The molecule has 0 aromatic carbocycles. The lowest BCUT2D eigenvalue weighted by atomic mass is 10.4. The minimum Gasteiger partial charge on any atom is -0.465 e. The van der Waals surface area contributed by atoms with Gasteiger partial charge in [-0.15, -0.1) is 11.3 Å². The number of halogens is 1. The summed E-state index contributed by atoms with van der Waals surface area (Å²) in [4.78, 5) is 11.4. The number of rotatable bonds is 5. The highest BCUT2D eigenvalue weighted by Gasteiger charge is 2.24. The highest BCUT2D eigenvalue weighted by molar-refractivity contribution is 9.11. The second-order valence-corrected chi connectivity index (χ2v) is 7.50. The molecular formula is C9H12BrNO5S2. The Morgan fingerprint density at radius 1 is 1.67 bits per heavy atom. The number of methoxy groups -OCH3 is 1. The van der Waals surface area contributed by atoms with E-state index >= 15 is 0 Å². The number of carbonyl (C=O) groups is 1. The third kappa shape index (κ3) is 3.51. The summed E-state index contributed by atoms with van der Waals surface area (Å²) < 4.78 is 31.0. The van der Waals surface area contributed by atoms with Crippen LogP contribution in [0.25, 0.3) is 0 Å². The van der Waals surface area contributed by atoms with Crippen LogP contribution in [0.3, 0.4) is 0 Å². The van der Waals surface area contributed by atoms with Crippen molar-refractivity contribution in [3.8, 4) is 0 Å². The normalized spacial score (nSPS) is 13.3. The number of thiophene rings is 1. The second kappa shape index (κ2) is 6.11. The van der Waals surface area contributed by atoms with Crippen molar-refractivity contribution in [3.05, 3.63) is 14.7 Å². The van der Waals surface area contributed by atoms with E-state index in [0.29, 0.717) is 3.79 Å². The zero-order chi connectivity index (χ0) is 13.9. The molecule has 9 heteroatoms. The number of ether oxygens (including phenoxy) is 1. The monoisotopic (exact) mass is 357 g/mol. The molecule has 0 unspecified atom stereocenters. The van der Waals surface area contributed by atoms with Gasteiger partial charge in [0.15, 0.2) is 0 Å². The molecule has 0 spiro atoms. The van der Waals surface area contributed by atoms with Gasteiger partial charge in [-0.25, -0.2) is 17.9 Å². The molecule has 0 aliphatic carbocycles. The van der Waals surface area contributed by atoms with Gasteiger partial charge in [0, 0.05) is 6.04 Å². The molecule has 18 heavy (non-hydrogen) atoms. The summed E-state index contributed by atoms with van der Waals surface area (Å²) in [5.41, 5.74) is 0. The zero-order valence-corrected chi connectivity index (χ0v) is 12.9. The standard InChI is InChI=1S/C9H12BrNO5S2/c1-5(4-12)11-18(14,15)7-3-6(9(13)16-2)17-8(7)10/h3,5,11-12H,4H2,1-2H3/t5-/m1/s1. The van der Waals surface area contributed by atoms with Crippen LogP contribution in [0.15, 0.2) is 14.7 Å². The molecule has 102 valence electrons. The van der Waals surface area contributed by atoms with E-state index in [4.69, 9.17) is 5.11 Å². The summed E-state index contributed by atoms with van der Waals surface area (Å²) in [6, 6.07) is 0.621. The molecule has 0 bridgehead atoms. The molecule has 1 heterocycles. The number of hydrogen-bond acceptors (Lipinski definition) is 6. The first-order valence-electron chi connectivity index (χ1n) is 4.82. The van der Waals surface area contributed by atoms with Crippen molar-refractivity contribution in [3.63, 3.8) is 0 Å². The second-order valence-electron chi connectivity index (χ2n) is 3.45. The fourth-order valence-electron chi connectivity index (χ4n) is 1.10. The number of aliphatic hydroxyl groups excluding tert-OH is 1. The average molecular weight is 358 g/mol. The fourth-order valence-corrected chi connectivity index (χ4v) is 4.82.